The number of hydrogen-bond acceptors (Lipinski definition) is 7. The van der Waals surface area contributed by atoms with E-state index in [1.54, 1.807) is 12.7 Å². The second-order valence-electron chi connectivity index (χ2n) is 7.92. The molecule has 0 amide bonds. The van der Waals surface area contributed by atoms with Crippen molar-refractivity contribution in [2.24, 2.45) is 11.8 Å². The molecule has 8 heteroatoms. The molecule has 2 atom stereocenters. The summed E-state index contributed by atoms with van der Waals surface area (Å²) in [5.74, 6) is 4.11. The summed E-state index contributed by atoms with van der Waals surface area (Å²) < 4.78 is 1.89. The van der Waals surface area contributed by atoms with E-state index >= 15 is 0 Å². The van der Waals surface area contributed by atoms with Crippen LogP contribution in [0.15, 0.2) is 30.9 Å². The molecular weight excluding hydrogens is 352 g/mol. The van der Waals surface area contributed by atoms with E-state index in [1.165, 1.54) is 0 Å². The summed E-state index contributed by atoms with van der Waals surface area (Å²) in [6.07, 6.45) is 3.30. The lowest BCUT2D eigenvalue weighted by Crippen LogP contribution is -2.29. The first-order valence-electron chi connectivity index (χ1n) is 9.71. The highest BCUT2D eigenvalue weighted by atomic mass is 15.3. The molecule has 2 unspecified atom stereocenters. The number of hydrogen-bond donors (Lipinski definition) is 0. The van der Waals surface area contributed by atoms with Crippen LogP contribution in [0, 0.1) is 32.6 Å². The molecule has 0 aromatic carbocycles. The van der Waals surface area contributed by atoms with Gasteiger partial charge in [0.1, 0.15) is 24.3 Å². The van der Waals surface area contributed by atoms with Crippen LogP contribution < -0.4 is 9.80 Å². The van der Waals surface area contributed by atoms with Crippen LogP contribution in [0.3, 0.4) is 0 Å². The summed E-state index contributed by atoms with van der Waals surface area (Å²) >= 11 is 0. The van der Waals surface area contributed by atoms with Gasteiger partial charge < -0.3 is 9.80 Å². The maximum Gasteiger partial charge on any atom is 0.159 e. The summed E-state index contributed by atoms with van der Waals surface area (Å²) in [6, 6.07) is 6.18. The van der Waals surface area contributed by atoms with Crippen molar-refractivity contribution in [1.29, 1.82) is 0 Å². The predicted octanol–water partition coefficient (Wildman–Crippen LogP) is 1.95. The van der Waals surface area contributed by atoms with Crippen molar-refractivity contribution in [1.82, 2.24) is 29.7 Å². The summed E-state index contributed by atoms with van der Waals surface area (Å²) in [6.45, 7) is 10.2. The molecule has 0 aliphatic carbocycles. The molecule has 0 N–H and O–H groups in total. The van der Waals surface area contributed by atoms with Crippen molar-refractivity contribution in [3.8, 4) is 5.82 Å². The molecule has 28 heavy (non-hydrogen) atoms. The standard InChI is InChI=1S/C20H24N8/c1-13-5-18(22-11-21-13)26-7-16-9-27(10-17(16)8-26)19-6-20(24-12-23-19)28-15(3)4-14(2)25-28/h4-6,11-12,16-17H,7-10H2,1-3H3. The Morgan fingerprint density at radius 2 is 1.25 bits per heavy atom. The van der Waals surface area contributed by atoms with E-state index in [9.17, 15) is 0 Å². The van der Waals surface area contributed by atoms with E-state index in [2.05, 4.69) is 47.0 Å². The molecule has 144 valence electrons. The van der Waals surface area contributed by atoms with Crippen LogP contribution in [0.5, 0.6) is 0 Å². The lowest BCUT2D eigenvalue weighted by molar-refractivity contribution is 0.533. The van der Waals surface area contributed by atoms with Gasteiger partial charge in [-0.05, 0) is 26.8 Å². The third kappa shape index (κ3) is 2.98. The van der Waals surface area contributed by atoms with Gasteiger partial charge >= 0.3 is 0 Å². The van der Waals surface area contributed by atoms with Crippen LogP contribution in [-0.4, -0.2) is 55.9 Å². The molecule has 0 radical (unpaired) electrons. The van der Waals surface area contributed by atoms with Crippen molar-refractivity contribution in [3.63, 3.8) is 0 Å². The highest BCUT2D eigenvalue weighted by molar-refractivity contribution is 5.47. The van der Waals surface area contributed by atoms with Gasteiger partial charge in [0, 0.05) is 61.5 Å². The minimum absolute atomic E-state index is 0.627. The second-order valence-corrected chi connectivity index (χ2v) is 7.92. The Kier molecular flexibility index (Phi) is 3.99. The summed E-state index contributed by atoms with van der Waals surface area (Å²) in [5.41, 5.74) is 3.09. The van der Waals surface area contributed by atoms with Gasteiger partial charge in [-0.1, -0.05) is 0 Å². The number of fused-ring (bicyclic) bond motifs is 1. The minimum atomic E-state index is 0.627. The molecule has 2 saturated heterocycles. The molecule has 0 spiro atoms. The maximum absolute atomic E-state index is 4.55. The zero-order valence-corrected chi connectivity index (χ0v) is 16.4. The maximum atomic E-state index is 4.55. The minimum Gasteiger partial charge on any atom is -0.356 e. The molecule has 2 fully saturated rings. The molecule has 0 bridgehead atoms. The Morgan fingerprint density at radius 1 is 0.679 bits per heavy atom. The van der Waals surface area contributed by atoms with Crippen LogP contribution in [0.4, 0.5) is 11.6 Å². The van der Waals surface area contributed by atoms with Crippen molar-refractivity contribution in [2.45, 2.75) is 20.8 Å². The Balaban J connectivity index is 1.32. The largest absolute Gasteiger partial charge is 0.356 e. The molecule has 5 heterocycles. The third-order valence-electron chi connectivity index (χ3n) is 5.79. The van der Waals surface area contributed by atoms with Crippen molar-refractivity contribution < 1.29 is 0 Å². The predicted molar refractivity (Wildman–Crippen MR) is 107 cm³/mol. The van der Waals surface area contributed by atoms with Gasteiger partial charge in [0.25, 0.3) is 0 Å². The molecule has 2 aliphatic rings. The third-order valence-corrected chi connectivity index (χ3v) is 5.79. The Bertz CT molecular complexity index is 999. The van der Waals surface area contributed by atoms with Gasteiger partial charge in [0.2, 0.25) is 0 Å². The number of aromatic nitrogens is 6. The fourth-order valence-electron chi connectivity index (χ4n) is 4.47. The number of anilines is 2. The normalized spacial score (nSPS) is 21.4. The smallest absolute Gasteiger partial charge is 0.159 e. The lowest BCUT2D eigenvalue weighted by Gasteiger charge is -2.23. The highest BCUT2D eigenvalue weighted by Gasteiger charge is 2.41. The van der Waals surface area contributed by atoms with Crippen LogP contribution in [-0.2, 0) is 0 Å². The SMILES string of the molecule is Cc1cc(N2CC3CN(c4cc(-n5nc(C)cc5C)ncn4)CC3C2)ncn1. The second kappa shape index (κ2) is 6.54. The molecule has 3 aromatic heterocycles. The van der Waals surface area contributed by atoms with Crippen LogP contribution in [0.1, 0.15) is 17.1 Å². The number of rotatable bonds is 3. The van der Waals surface area contributed by atoms with E-state index in [0.717, 1.165) is 60.7 Å². The van der Waals surface area contributed by atoms with E-state index in [0.29, 0.717) is 11.8 Å². The van der Waals surface area contributed by atoms with Crippen LogP contribution >= 0.6 is 0 Å². The van der Waals surface area contributed by atoms with Crippen LogP contribution in [0.2, 0.25) is 0 Å². The van der Waals surface area contributed by atoms with E-state index in [4.69, 9.17) is 0 Å². The first-order chi connectivity index (χ1) is 13.6. The van der Waals surface area contributed by atoms with Crippen molar-refractivity contribution >= 4 is 11.6 Å². The number of nitrogens with zero attached hydrogens (tertiary/aromatic N) is 8. The molecule has 0 saturated carbocycles. The van der Waals surface area contributed by atoms with E-state index < -0.39 is 0 Å². The molecular formula is C20H24N8. The average molecular weight is 376 g/mol. The Hall–Kier alpha value is -3.03. The van der Waals surface area contributed by atoms with Gasteiger partial charge in [-0.3, -0.25) is 0 Å². The summed E-state index contributed by atoms with van der Waals surface area (Å²) in [7, 11) is 0. The Morgan fingerprint density at radius 3 is 1.82 bits per heavy atom. The fourth-order valence-corrected chi connectivity index (χ4v) is 4.47. The monoisotopic (exact) mass is 376 g/mol. The van der Waals surface area contributed by atoms with Gasteiger partial charge in [0.05, 0.1) is 5.69 Å². The first kappa shape index (κ1) is 17.1. The average Bonchev–Trinajstić information content (AvgIpc) is 3.34. The lowest BCUT2D eigenvalue weighted by atomic mass is 10.0. The topological polar surface area (TPSA) is 75.9 Å². The molecule has 2 aliphatic heterocycles. The Labute approximate surface area is 164 Å². The van der Waals surface area contributed by atoms with Crippen molar-refractivity contribution in [2.75, 3.05) is 36.0 Å². The van der Waals surface area contributed by atoms with Gasteiger partial charge in [-0.25, -0.2) is 24.6 Å². The number of aryl methyl sites for hydroxylation is 3. The first-order valence-corrected chi connectivity index (χ1v) is 9.71. The van der Waals surface area contributed by atoms with E-state index in [-0.39, 0.29) is 0 Å². The fraction of sp³-hybridized carbons (Fsp3) is 0.450. The van der Waals surface area contributed by atoms with Gasteiger partial charge in [-0.15, -0.1) is 0 Å². The van der Waals surface area contributed by atoms with Crippen molar-refractivity contribution in [3.05, 3.63) is 47.9 Å². The molecule has 3 aromatic rings. The summed E-state index contributed by atoms with van der Waals surface area (Å²) in [4.78, 5) is 22.4. The van der Waals surface area contributed by atoms with Gasteiger partial charge in [0.15, 0.2) is 5.82 Å². The summed E-state index contributed by atoms with van der Waals surface area (Å²) in [5, 5.41) is 4.55. The van der Waals surface area contributed by atoms with E-state index in [1.807, 2.05) is 31.5 Å². The highest BCUT2D eigenvalue weighted by Crippen LogP contribution is 2.35. The van der Waals surface area contributed by atoms with Crippen LogP contribution in [0.25, 0.3) is 5.82 Å². The zero-order chi connectivity index (χ0) is 19.3. The molecule has 5 rings (SSSR count). The zero-order valence-electron chi connectivity index (χ0n) is 16.4. The van der Waals surface area contributed by atoms with Gasteiger partial charge in [-0.2, -0.15) is 5.10 Å². The molecule has 8 nitrogen and oxygen atoms in total. The quantitative estimate of drug-likeness (QED) is 0.691.